The normalized spacial score (nSPS) is 14.2. The maximum Gasteiger partial charge on any atom is 0.257 e. The molecule has 2 heterocycles. The summed E-state index contributed by atoms with van der Waals surface area (Å²) in [7, 11) is 3.87. The third-order valence-corrected chi connectivity index (χ3v) is 5.73. The van der Waals surface area contributed by atoms with Gasteiger partial charge in [0.2, 0.25) is 5.91 Å². The van der Waals surface area contributed by atoms with E-state index in [2.05, 4.69) is 20.5 Å². The Morgan fingerprint density at radius 2 is 2.03 bits per heavy atom. The fourth-order valence-electron chi connectivity index (χ4n) is 3.41. The summed E-state index contributed by atoms with van der Waals surface area (Å²) in [6, 6.07) is 9.42. The SMILES string of the molecule is CN(C)CCOc1nnc(-c2cc(Cl)ccc2F)cc1Nc1ccnc(C2(C(N)=O)CC2)c1. The van der Waals surface area contributed by atoms with Crippen molar-refractivity contribution in [1.82, 2.24) is 20.1 Å². The number of benzene rings is 1. The molecule has 1 amide bonds. The molecule has 172 valence electrons. The van der Waals surface area contributed by atoms with Crippen LogP contribution in [0, 0.1) is 5.82 Å². The smallest absolute Gasteiger partial charge is 0.257 e. The van der Waals surface area contributed by atoms with Crippen molar-refractivity contribution in [2.45, 2.75) is 18.3 Å². The van der Waals surface area contributed by atoms with E-state index in [0.717, 1.165) is 0 Å². The number of amides is 1. The van der Waals surface area contributed by atoms with Gasteiger partial charge in [0.15, 0.2) is 0 Å². The van der Waals surface area contributed by atoms with Gasteiger partial charge in [-0.25, -0.2) is 4.39 Å². The van der Waals surface area contributed by atoms with E-state index in [1.165, 1.54) is 18.2 Å². The van der Waals surface area contributed by atoms with E-state index in [4.69, 9.17) is 22.1 Å². The number of carbonyl (C=O) groups is 1. The van der Waals surface area contributed by atoms with Crippen molar-refractivity contribution in [2.24, 2.45) is 5.73 Å². The standard InChI is InChI=1S/C23H24ClFN6O2/c1-31(2)9-10-33-21-19(13-18(29-30-21)16-11-14(24)3-4-17(16)25)28-15-5-8-27-20(12-15)23(6-7-23)22(26)32/h3-5,8,11-13H,6-7,9-10H2,1-2H3,(H2,26,32)(H,27,28,29). The Labute approximate surface area is 195 Å². The first-order valence-electron chi connectivity index (χ1n) is 10.4. The zero-order chi connectivity index (χ0) is 23.6. The maximum atomic E-state index is 14.4. The lowest BCUT2D eigenvalue weighted by Gasteiger charge is -2.16. The molecule has 1 aliphatic carbocycles. The van der Waals surface area contributed by atoms with Crippen LogP contribution in [0.2, 0.25) is 5.02 Å². The number of hydrogen-bond acceptors (Lipinski definition) is 7. The number of nitrogens with one attached hydrogen (secondary N) is 1. The Morgan fingerprint density at radius 3 is 2.73 bits per heavy atom. The van der Waals surface area contributed by atoms with Crippen LogP contribution in [0.15, 0.2) is 42.6 Å². The number of ether oxygens (including phenoxy) is 1. The van der Waals surface area contributed by atoms with Crippen LogP contribution in [-0.2, 0) is 10.2 Å². The van der Waals surface area contributed by atoms with Gasteiger partial charge < -0.3 is 20.7 Å². The number of halogens is 2. The lowest BCUT2D eigenvalue weighted by Crippen LogP contribution is -2.29. The highest BCUT2D eigenvalue weighted by atomic mass is 35.5. The summed E-state index contributed by atoms with van der Waals surface area (Å²) in [5.41, 5.74) is 7.15. The first-order chi connectivity index (χ1) is 15.8. The Hall–Kier alpha value is -3.30. The Kier molecular flexibility index (Phi) is 6.44. The second-order valence-electron chi connectivity index (χ2n) is 8.23. The van der Waals surface area contributed by atoms with Crippen molar-refractivity contribution < 1.29 is 13.9 Å². The van der Waals surface area contributed by atoms with E-state index < -0.39 is 11.2 Å². The highest BCUT2D eigenvalue weighted by Crippen LogP contribution is 2.47. The monoisotopic (exact) mass is 470 g/mol. The van der Waals surface area contributed by atoms with E-state index in [1.54, 1.807) is 24.4 Å². The minimum Gasteiger partial charge on any atom is -0.474 e. The second kappa shape index (κ2) is 9.29. The number of carbonyl (C=O) groups excluding carboxylic acids is 1. The number of nitrogens with two attached hydrogens (primary N) is 1. The Morgan fingerprint density at radius 1 is 1.24 bits per heavy atom. The lowest BCUT2D eigenvalue weighted by molar-refractivity contribution is -0.120. The summed E-state index contributed by atoms with van der Waals surface area (Å²) in [6.45, 7) is 1.06. The van der Waals surface area contributed by atoms with Gasteiger partial charge in [0, 0.05) is 29.0 Å². The fraction of sp³-hybridized carbons (Fsp3) is 0.304. The van der Waals surface area contributed by atoms with Crippen LogP contribution in [0.5, 0.6) is 5.88 Å². The molecular weight excluding hydrogens is 447 g/mol. The topological polar surface area (TPSA) is 106 Å². The molecule has 1 aromatic carbocycles. The first-order valence-corrected chi connectivity index (χ1v) is 10.8. The number of pyridine rings is 1. The molecule has 0 radical (unpaired) electrons. The van der Waals surface area contributed by atoms with Gasteiger partial charge in [-0.3, -0.25) is 9.78 Å². The Bertz CT molecular complexity index is 1190. The van der Waals surface area contributed by atoms with Crippen molar-refractivity contribution in [3.8, 4) is 17.1 Å². The van der Waals surface area contributed by atoms with Crippen molar-refractivity contribution in [2.75, 3.05) is 32.6 Å². The molecule has 0 atom stereocenters. The second-order valence-corrected chi connectivity index (χ2v) is 8.66. The number of primary amides is 1. The molecule has 4 rings (SSSR count). The quantitative estimate of drug-likeness (QED) is 0.492. The Balaban J connectivity index is 1.68. The van der Waals surface area contributed by atoms with Gasteiger partial charge in [0.05, 0.1) is 16.8 Å². The molecule has 0 aliphatic heterocycles. The lowest BCUT2D eigenvalue weighted by atomic mass is 10.0. The molecule has 1 fully saturated rings. The molecule has 0 saturated heterocycles. The van der Waals surface area contributed by atoms with Crippen LogP contribution in [-0.4, -0.2) is 53.2 Å². The minimum atomic E-state index is -0.714. The molecule has 0 bridgehead atoms. The number of rotatable bonds is 9. The molecule has 33 heavy (non-hydrogen) atoms. The van der Waals surface area contributed by atoms with Crippen LogP contribution in [0.25, 0.3) is 11.3 Å². The zero-order valence-corrected chi connectivity index (χ0v) is 19.1. The summed E-state index contributed by atoms with van der Waals surface area (Å²) in [6.07, 6.45) is 2.96. The highest BCUT2D eigenvalue weighted by molar-refractivity contribution is 6.30. The molecule has 1 saturated carbocycles. The third-order valence-electron chi connectivity index (χ3n) is 5.49. The van der Waals surface area contributed by atoms with Crippen molar-refractivity contribution in [3.05, 3.63) is 59.1 Å². The third kappa shape index (κ3) is 5.04. The molecule has 3 N–H and O–H groups in total. The summed E-state index contributed by atoms with van der Waals surface area (Å²) in [5.74, 6) is -0.592. The van der Waals surface area contributed by atoms with Gasteiger partial charge in [-0.2, -0.15) is 0 Å². The average molecular weight is 471 g/mol. The van der Waals surface area contributed by atoms with Crippen LogP contribution in [0.3, 0.4) is 0 Å². The number of aromatic nitrogens is 3. The number of nitrogens with zero attached hydrogens (tertiary/aromatic N) is 4. The van der Waals surface area contributed by atoms with E-state index in [1.807, 2.05) is 19.0 Å². The van der Waals surface area contributed by atoms with Crippen molar-refractivity contribution in [1.29, 1.82) is 0 Å². The predicted molar refractivity (Wildman–Crippen MR) is 124 cm³/mol. The summed E-state index contributed by atoms with van der Waals surface area (Å²) in [4.78, 5) is 18.2. The largest absolute Gasteiger partial charge is 0.474 e. The molecule has 8 nitrogen and oxygen atoms in total. The van der Waals surface area contributed by atoms with Crippen molar-refractivity contribution in [3.63, 3.8) is 0 Å². The van der Waals surface area contributed by atoms with E-state index in [-0.39, 0.29) is 17.4 Å². The highest BCUT2D eigenvalue weighted by Gasteiger charge is 2.51. The van der Waals surface area contributed by atoms with E-state index in [9.17, 15) is 9.18 Å². The van der Waals surface area contributed by atoms with Gasteiger partial charge in [-0.05, 0) is 63.3 Å². The summed E-state index contributed by atoms with van der Waals surface area (Å²) in [5, 5.41) is 11.9. The van der Waals surface area contributed by atoms with Crippen molar-refractivity contribution >= 4 is 28.9 Å². The van der Waals surface area contributed by atoms with Crippen LogP contribution < -0.4 is 15.8 Å². The predicted octanol–water partition coefficient (Wildman–Crippen LogP) is 3.53. The first kappa shape index (κ1) is 22.9. The fourth-order valence-corrected chi connectivity index (χ4v) is 3.58. The summed E-state index contributed by atoms with van der Waals surface area (Å²) < 4.78 is 20.3. The van der Waals surface area contributed by atoms with Crippen LogP contribution in [0.4, 0.5) is 15.8 Å². The average Bonchev–Trinajstić information content (AvgIpc) is 3.59. The van der Waals surface area contributed by atoms with Crippen LogP contribution >= 0.6 is 11.6 Å². The molecule has 0 unspecified atom stereocenters. The van der Waals surface area contributed by atoms with Gasteiger partial charge in [-0.1, -0.05) is 11.6 Å². The molecule has 10 heteroatoms. The molecular formula is C23H24ClFN6O2. The molecule has 0 spiro atoms. The summed E-state index contributed by atoms with van der Waals surface area (Å²) >= 11 is 6.05. The molecule has 2 aromatic heterocycles. The molecule has 3 aromatic rings. The number of likely N-dealkylation sites (N-methyl/N-ethyl adjacent to an activating group) is 1. The van der Waals surface area contributed by atoms with E-state index in [0.29, 0.717) is 53.8 Å². The molecule has 1 aliphatic rings. The maximum absolute atomic E-state index is 14.4. The van der Waals surface area contributed by atoms with E-state index >= 15 is 0 Å². The van der Waals surface area contributed by atoms with Gasteiger partial charge in [0.1, 0.15) is 18.1 Å². The van der Waals surface area contributed by atoms with Gasteiger partial charge in [0.25, 0.3) is 5.88 Å². The van der Waals surface area contributed by atoms with Gasteiger partial charge in [-0.15, -0.1) is 10.2 Å². The van der Waals surface area contributed by atoms with Crippen LogP contribution in [0.1, 0.15) is 18.5 Å². The number of anilines is 2. The van der Waals surface area contributed by atoms with Gasteiger partial charge >= 0.3 is 0 Å². The number of hydrogen-bond donors (Lipinski definition) is 2. The minimum absolute atomic E-state index is 0.221. The zero-order valence-electron chi connectivity index (χ0n) is 18.3.